The number of hydrogen-bond donors (Lipinski definition) is 1. The van der Waals surface area contributed by atoms with Crippen molar-refractivity contribution in [1.82, 2.24) is 14.8 Å². The van der Waals surface area contributed by atoms with Crippen LogP contribution in [0.2, 0.25) is 10.2 Å². The Bertz CT molecular complexity index is 1330. The number of carboxylic acid groups (broad SMARTS) is 1. The van der Waals surface area contributed by atoms with Crippen molar-refractivity contribution in [2.45, 2.75) is 70.6 Å². The summed E-state index contributed by atoms with van der Waals surface area (Å²) in [5.41, 5.74) is 2.03. The molecule has 1 aromatic carbocycles. The number of amidine groups is 1. The normalized spacial score (nSPS) is 26.8. The fraction of sp³-hybridized carbons (Fsp3) is 0.429. The highest BCUT2D eigenvalue weighted by Gasteiger charge is 2.54. The smallest absolute Gasteiger partial charge is 0.326 e. The molecule has 0 radical (unpaired) electrons. The SMILES string of the molecule is CC[C@@H]1CC[C@@H](C(=O)O)N1C(=O)C1=C(C(C)C)N2C(=NC(C)(c3ccc(Cl)nc3)C2c2ccc(Cl)cc2)S1. The lowest BCUT2D eigenvalue weighted by molar-refractivity contribution is -0.148. The van der Waals surface area contributed by atoms with Gasteiger partial charge in [-0.1, -0.05) is 62.2 Å². The third-order valence-corrected chi connectivity index (χ3v) is 9.28. The highest BCUT2D eigenvalue weighted by Crippen LogP contribution is 2.56. The number of nitrogens with zero attached hydrogens (tertiary/aromatic N) is 4. The second-order valence-corrected chi connectivity index (χ2v) is 12.2. The topological polar surface area (TPSA) is 86.1 Å². The van der Waals surface area contributed by atoms with Crippen LogP contribution >= 0.6 is 35.0 Å². The Morgan fingerprint density at radius 3 is 2.45 bits per heavy atom. The van der Waals surface area contributed by atoms with Crippen LogP contribution in [0.3, 0.4) is 0 Å². The maximum absolute atomic E-state index is 14.1. The third kappa shape index (κ3) is 4.40. The van der Waals surface area contributed by atoms with E-state index in [9.17, 15) is 14.7 Å². The number of carbonyl (C=O) groups excluding carboxylic acids is 1. The van der Waals surface area contributed by atoms with Crippen molar-refractivity contribution in [2.75, 3.05) is 0 Å². The van der Waals surface area contributed by atoms with E-state index in [0.29, 0.717) is 39.5 Å². The third-order valence-electron chi connectivity index (χ3n) is 7.74. The van der Waals surface area contributed by atoms with Crippen molar-refractivity contribution in [1.29, 1.82) is 0 Å². The summed E-state index contributed by atoms with van der Waals surface area (Å²) < 4.78 is 0. The second kappa shape index (κ2) is 10.2. The fourth-order valence-corrected chi connectivity index (χ4v) is 7.49. The van der Waals surface area contributed by atoms with Crippen LogP contribution in [-0.4, -0.2) is 49.0 Å². The van der Waals surface area contributed by atoms with E-state index < -0.39 is 17.6 Å². The lowest BCUT2D eigenvalue weighted by Crippen LogP contribution is -2.45. The maximum Gasteiger partial charge on any atom is 0.326 e. The monoisotopic (exact) mass is 572 g/mol. The lowest BCUT2D eigenvalue weighted by Gasteiger charge is -2.37. The molecule has 3 aliphatic heterocycles. The zero-order valence-corrected chi connectivity index (χ0v) is 24.0. The van der Waals surface area contributed by atoms with Crippen LogP contribution in [0.5, 0.6) is 0 Å². The van der Waals surface area contributed by atoms with E-state index >= 15 is 0 Å². The number of halogens is 2. The van der Waals surface area contributed by atoms with Gasteiger partial charge in [0.2, 0.25) is 0 Å². The van der Waals surface area contributed by atoms with Gasteiger partial charge >= 0.3 is 5.97 Å². The predicted octanol–water partition coefficient (Wildman–Crippen LogP) is 6.49. The molecule has 0 saturated carbocycles. The zero-order valence-electron chi connectivity index (χ0n) is 21.7. The molecule has 4 heterocycles. The summed E-state index contributed by atoms with van der Waals surface area (Å²) in [6.07, 6.45) is 3.62. The number of likely N-dealkylation sites (tertiary alicyclic amines) is 1. The van der Waals surface area contributed by atoms with Gasteiger partial charge in [-0.15, -0.1) is 0 Å². The number of hydrogen-bond acceptors (Lipinski definition) is 6. The number of thioether (sulfide) groups is 1. The molecule has 1 saturated heterocycles. The first-order chi connectivity index (χ1) is 18.1. The number of carbonyl (C=O) groups is 2. The van der Waals surface area contributed by atoms with E-state index in [-0.39, 0.29) is 23.9 Å². The first-order valence-electron chi connectivity index (χ1n) is 12.8. The number of benzene rings is 1. The van der Waals surface area contributed by atoms with E-state index in [0.717, 1.165) is 16.8 Å². The summed E-state index contributed by atoms with van der Waals surface area (Å²) in [4.78, 5) is 40.0. The van der Waals surface area contributed by atoms with Crippen LogP contribution < -0.4 is 0 Å². The van der Waals surface area contributed by atoms with Crippen LogP contribution in [0.1, 0.15) is 64.1 Å². The van der Waals surface area contributed by atoms with Gasteiger partial charge in [-0.2, -0.15) is 0 Å². The summed E-state index contributed by atoms with van der Waals surface area (Å²) in [7, 11) is 0. The first kappa shape index (κ1) is 27.0. The van der Waals surface area contributed by atoms with Crippen molar-refractivity contribution in [3.05, 3.63) is 74.5 Å². The molecule has 2 unspecified atom stereocenters. The summed E-state index contributed by atoms with van der Waals surface area (Å²) in [5, 5.41) is 11.6. The van der Waals surface area contributed by atoms with Gasteiger partial charge in [-0.05, 0) is 67.6 Å². The minimum atomic E-state index is -0.955. The van der Waals surface area contributed by atoms with Gasteiger partial charge in [0.25, 0.3) is 5.91 Å². The Kier molecular flexibility index (Phi) is 7.26. The molecule has 200 valence electrons. The van der Waals surface area contributed by atoms with Gasteiger partial charge in [0.15, 0.2) is 5.17 Å². The number of rotatable bonds is 6. The fourth-order valence-electron chi connectivity index (χ4n) is 5.90. The quantitative estimate of drug-likeness (QED) is 0.398. The number of fused-ring (bicyclic) bond motifs is 1. The molecule has 7 nitrogen and oxygen atoms in total. The highest BCUT2D eigenvalue weighted by molar-refractivity contribution is 8.18. The Morgan fingerprint density at radius 1 is 1.16 bits per heavy atom. The molecule has 4 atom stereocenters. The van der Waals surface area contributed by atoms with Gasteiger partial charge in [0.1, 0.15) is 21.6 Å². The number of amides is 1. The van der Waals surface area contributed by atoms with Crippen LogP contribution in [0, 0.1) is 5.92 Å². The number of aliphatic imine (C=N–C) groups is 1. The molecule has 3 aliphatic rings. The van der Waals surface area contributed by atoms with E-state index in [2.05, 4.69) is 30.7 Å². The Labute approximate surface area is 236 Å². The number of pyridine rings is 1. The highest BCUT2D eigenvalue weighted by atomic mass is 35.5. The molecule has 1 N–H and O–H groups in total. The van der Waals surface area contributed by atoms with Crippen molar-refractivity contribution < 1.29 is 14.7 Å². The average molecular weight is 574 g/mol. The van der Waals surface area contributed by atoms with Gasteiger partial charge in [-0.25, -0.2) is 14.8 Å². The molecule has 10 heteroatoms. The largest absolute Gasteiger partial charge is 0.480 e. The molecule has 38 heavy (non-hydrogen) atoms. The molecule has 1 fully saturated rings. The van der Waals surface area contributed by atoms with E-state index in [1.165, 1.54) is 11.8 Å². The summed E-state index contributed by atoms with van der Waals surface area (Å²) >= 11 is 13.7. The van der Waals surface area contributed by atoms with Crippen LogP contribution in [-0.2, 0) is 15.1 Å². The first-order valence-corrected chi connectivity index (χ1v) is 14.4. The summed E-state index contributed by atoms with van der Waals surface area (Å²) in [6.45, 7) is 8.18. The average Bonchev–Trinajstić information content (AvgIpc) is 3.54. The standard InChI is InChI=1S/C28H30Cl2N4O3S/c1-5-19-11-12-20(26(36)37)33(19)25(35)23-22(15(2)3)34-24(16-6-9-18(29)10-7-16)28(4,32-27(34)38-23)17-8-13-21(30)31-14-17/h6-10,13-15,19-20,24H,5,11-12H2,1-4H3,(H,36,37)/t19-,20+,24?,28?/m1/s1. The zero-order chi connectivity index (χ0) is 27.4. The maximum atomic E-state index is 14.1. The van der Waals surface area contributed by atoms with Crippen LogP contribution in [0.25, 0.3) is 0 Å². The van der Waals surface area contributed by atoms with Crippen molar-refractivity contribution in [3.8, 4) is 0 Å². The van der Waals surface area contributed by atoms with Crippen molar-refractivity contribution >= 4 is 52.0 Å². The van der Waals surface area contributed by atoms with Gasteiger partial charge in [-0.3, -0.25) is 4.79 Å². The van der Waals surface area contributed by atoms with Gasteiger partial charge in [0, 0.05) is 28.5 Å². The number of aromatic nitrogens is 1. The van der Waals surface area contributed by atoms with Crippen LogP contribution in [0.15, 0.2) is 58.2 Å². The van der Waals surface area contributed by atoms with E-state index in [1.807, 2.05) is 37.3 Å². The number of carboxylic acids is 1. The Morgan fingerprint density at radius 2 is 1.87 bits per heavy atom. The minimum absolute atomic E-state index is 0.0133. The summed E-state index contributed by atoms with van der Waals surface area (Å²) in [5.74, 6) is -1.19. The van der Waals surface area contributed by atoms with Gasteiger partial charge in [0.05, 0.1) is 6.04 Å². The van der Waals surface area contributed by atoms with Gasteiger partial charge < -0.3 is 14.9 Å². The number of allylic oxidation sites excluding steroid dienone is 1. The molecule has 1 amide bonds. The minimum Gasteiger partial charge on any atom is -0.480 e. The molecule has 0 bridgehead atoms. The molecule has 1 aromatic heterocycles. The van der Waals surface area contributed by atoms with Crippen LogP contribution in [0.4, 0.5) is 0 Å². The Balaban J connectivity index is 1.64. The molecule has 0 spiro atoms. The van der Waals surface area contributed by atoms with Crippen molar-refractivity contribution in [2.24, 2.45) is 10.9 Å². The number of aliphatic carboxylic acids is 1. The lowest BCUT2D eigenvalue weighted by atomic mass is 9.81. The molecule has 2 aromatic rings. The van der Waals surface area contributed by atoms with E-state index in [4.69, 9.17) is 28.2 Å². The predicted molar refractivity (Wildman–Crippen MR) is 151 cm³/mol. The Hall–Kier alpha value is -2.55. The molecule has 0 aliphatic carbocycles. The molecular formula is C28H30Cl2N4O3S. The second-order valence-electron chi connectivity index (χ2n) is 10.4. The summed E-state index contributed by atoms with van der Waals surface area (Å²) in [6, 6.07) is 10.2. The molecular weight excluding hydrogens is 543 g/mol. The molecule has 5 rings (SSSR count). The van der Waals surface area contributed by atoms with Crippen molar-refractivity contribution in [3.63, 3.8) is 0 Å². The van der Waals surface area contributed by atoms with E-state index in [1.54, 1.807) is 17.2 Å².